The fourth-order valence-corrected chi connectivity index (χ4v) is 1.34. The summed E-state index contributed by atoms with van der Waals surface area (Å²) >= 11 is 0. The van der Waals surface area contributed by atoms with E-state index in [4.69, 9.17) is 10.8 Å². The molecule has 0 heterocycles. The molecule has 0 bridgehead atoms. The van der Waals surface area contributed by atoms with Crippen molar-refractivity contribution in [2.24, 2.45) is 5.73 Å². The van der Waals surface area contributed by atoms with E-state index in [0.29, 0.717) is 5.56 Å². The third kappa shape index (κ3) is 4.80. The fourth-order valence-electron chi connectivity index (χ4n) is 1.34. The van der Waals surface area contributed by atoms with Crippen molar-refractivity contribution in [3.63, 3.8) is 0 Å². The maximum Gasteiger partial charge on any atom is 0.335 e. The topological polar surface area (TPSA) is 63.3 Å². The molecule has 0 amide bonds. The average Bonchev–Trinajstić information content (AvgIpc) is 2.41. The van der Waals surface area contributed by atoms with Crippen molar-refractivity contribution in [1.82, 2.24) is 0 Å². The Bertz CT molecular complexity index is 466. The van der Waals surface area contributed by atoms with Gasteiger partial charge in [-0.25, -0.2) is 4.79 Å². The Morgan fingerprint density at radius 2 is 1.44 bits per heavy atom. The average molecular weight is 243 g/mol. The minimum atomic E-state index is -0.879. The van der Waals surface area contributed by atoms with Crippen LogP contribution in [0.2, 0.25) is 0 Å². The molecule has 18 heavy (non-hydrogen) atoms. The SMILES string of the molecule is C[C@H](N)c1ccccc1.O=C(O)c1ccccc1. The summed E-state index contributed by atoms with van der Waals surface area (Å²) in [5.74, 6) is -0.879. The van der Waals surface area contributed by atoms with Crippen molar-refractivity contribution in [2.45, 2.75) is 13.0 Å². The molecule has 2 aromatic rings. The van der Waals surface area contributed by atoms with Crippen LogP contribution in [0.1, 0.15) is 28.9 Å². The van der Waals surface area contributed by atoms with Gasteiger partial charge < -0.3 is 10.8 Å². The molecule has 0 aliphatic carbocycles. The van der Waals surface area contributed by atoms with Gasteiger partial charge in [-0.05, 0) is 24.6 Å². The fraction of sp³-hybridized carbons (Fsp3) is 0.133. The quantitative estimate of drug-likeness (QED) is 0.852. The molecule has 0 spiro atoms. The number of rotatable bonds is 2. The monoisotopic (exact) mass is 243 g/mol. The lowest BCUT2D eigenvalue weighted by Crippen LogP contribution is -2.03. The second-order valence-electron chi connectivity index (χ2n) is 3.87. The van der Waals surface area contributed by atoms with Crippen LogP contribution in [0.3, 0.4) is 0 Å². The number of hydrogen-bond donors (Lipinski definition) is 2. The van der Waals surface area contributed by atoms with Gasteiger partial charge in [-0.15, -0.1) is 0 Å². The second-order valence-corrected chi connectivity index (χ2v) is 3.87. The largest absolute Gasteiger partial charge is 0.478 e. The summed E-state index contributed by atoms with van der Waals surface area (Å²) in [6.07, 6.45) is 0. The minimum Gasteiger partial charge on any atom is -0.478 e. The molecule has 94 valence electrons. The van der Waals surface area contributed by atoms with Crippen molar-refractivity contribution in [3.05, 3.63) is 71.8 Å². The van der Waals surface area contributed by atoms with Crippen LogP contribution in [0, 0.1) is 0 Å². The molecule has 3 N–H and O–H groups in total. The number of nitrogens with two attached hydrogens (primary N) is 1. The molecule has 0 aromatic heterocycles. The lowest BCUT2D eigenvalue weighted by Gasteiger charge is -2.02. The molecule has 0 aliphatic heterocycles. The van der Waals surface area contributed by atoms with Gasteiger partial charge in [-0.2, -0.15) is 0 Å². The summed E-state index contributed by atoms with van der Waals surface area (Å²) in [5, 5.41) is 8.38. The summed E-state index contributed by atoms with van der Waals surface area (Å²) in [6, 6.07) is 18.5. The zero-order valence-corrected chi connectivity index (χ0v) is 10.3. The van der Waals surface area contributed by atoms with Gasteiger partial charge in [0.15, 0.2) is 0 Å². The van der Waals surface area contributed by atoms with Crippen LogP contribution >= 0.6 is 0 Å². The molecular formula is C15H17NO2. The van der Waals surface area contributed by atoms with E-state index < -0.39 is 5.97 Å². The van der Waals surface area contributed by atoms with Gasteiger partial charge in [-0.1, -0.05) is 48.5 Å². The maximum absolute atomic E-state index is 10.2. The number of carbonyl (C=O) groups is 1. The first kappa shape index (κ1) is 13.9. The first-order chi connectivity index (χ1) is 8.61. The van der Waals surface area contributed by atoms with Crippen LogP contribution < -0.4 is 5.73 Å². The summed E-state index contributed by atoms with van der Waals surface area (Å²) in [7, 11) is 0. The Labute approximate surface area is 107 Å². The predicted molar refractivity (Wildman–Crippen MR) is 72.4 cm³/mol. The number of carboxylic acid groups (broad SMARTS) is 1. The standard InChI is InChI=1S/C8H11N.C7H6O2/c1-7(9)8-5-3-2-4-6-8;8-7(9)6-4-2-1-3-5-6/h2-7H,9H2,1H3;1-5H,(H,8,9)/t7-;/m0./s1. The Hall–Kier alpha value is -2.13. The number of carboxylic acids is 1. The zero-order chi connectivity index (χ0) is 13.4. The van der Waals surface area contributed by atoms with Crippen molar-refractivity contribution in [2.75, 3.05) is 0 Å². The van der Waals surface area contributed by atoms with Crippen molar-refractivity contribution < 1.29 is 9.90 Å². The van der Waals surface area contributed by atoms with Crippen molar-refractivity contribution in [1.29, 1.82) is 0 Å². The van der Waals surface area contributed by atoms with Crippen LogP contribution in [0.15, 0.2) is 60.7 Å². The van der Waals surface area contributed by atoms with E-state index in [0.717, 1.165) is 0 Å². The van der Waals surface area contributed by atoms with E-state index in [2.05, 4.69) is 0 Å². The molecule has 0 aliphatic rings. The molecule has 2 aromatic carbocycles. The highest BCUT2D eigenvalue weighted by molar-refractivity contribution is 5.87. The minimum absolute atomic E-state index is 0.159. The molecular weight excluding hydrogens is 226 g/mol. The summed E-state index contributed by atoms with van der Waals surface area (Å²) in [6.45, 7) is 1.98. The molecule has 0 saturated carbocycles. The van der Waals surface area contributed by atoms with E-state index in [1.165, 1.54) is 5.56 Å². The van der Waals surface area contributed by atoms with Gasteiger partial charge in [0.1, 0.15) is 0 Å². The van der Waals surface area contributed by atoms with Gasteiger partial charge in [0, 0.05) is 6.04 Å². The summed E-state index contributed by atoms with van der Waals surface area (Å²) in [5.41, 5.74) is 7.14. The normalized spacial score (nSPS) is 11.0. The van der Waals surface area contributed by atoms with E-state index in [1.54, 1.807) is 30.3 Å². The second kappa shape index (κ2) is 7.25. The van der Waals surface area contributed by atoms with E-state index in [9.17, 15) is 4.79 Å². The van der Waals surface area contributed by atoms with Crippen LogP contribution in [-0.2, 0) is 0 Å². The Morgan fingerprint density at radius 1 is 1.00 bits per heavy atom. The van der Waals surface area contributed by atoms with Gasteiger partial charge in [0.2, 0.25) is 0 Å². The van der Waals surface area contributed by atoms with Gasteiger partial charge >= 0.3 is 5.97 Å². The third-order valence-corrected chi connectivity index (χ3v) is 2.35. The molecule has 3 nitrogen and oxygen atoms in total. The van der Waals surface area contributed by atoms with Crippen LogP contribution in [0.25, 0.3) is 0 Å². The lowest BCUT2D eigenvalue weighted by molar-refractivity contribution is 0.0697. The summed E-state index contributed by atoms with van der Waals surface area (Å²) in [4.78, 5) is 10.2. The van der Waals surface area contributed by atoms with Crippen molar-refractivity contribution >= 4 is 5.97 Å². The van der Waals surface area contributed by atoms with Crippen LogP contribution in [0.5, 0.6) is 0 Å². The highest BCUT2D eigenvalue weighted by atomic mass is 16.4. The molecule has 3 heteroatoms. The zero-order valence-electron chi connectivity index (χ0n) is 10.3. The first-order valence-corrected chi connectivity index (χ1v) is 5.70. The molecule has 0 radical (unpaired) electrons. The third-order valence-electron chi connectivity index (χ3n) is 2.35. The smallest absolute Gasteiger partial charge is 0.335 e. The van der Waals surface area contributed by atoms with Gasteiger partial charge in [-0.3, -0.25) is 0 Å². The number of aromatic carboxylic acids is 1. The van der Waals surface area contributed by atoms with Gasteiger partial charge in [0.05, 0.1) is 5.56 Å². The number of hydrogen-bond acceptors (Lipinski definition) is 2. The van der Waals surface area contributed by atoms with Crippen LogP contribution in [-0.4, -0.2) is 11.1 Å². The Kier molecular flexibility index (Phi) is 5.61. The lowest BCUT2D eigenvalue weighted by atomic mass is 10.1. The molecule has 0 unspecified atom stereocenters. The highest BCUT2D eigenvalue weighted by Gasteiger charge is 1.96. The maximum atomic E-state index is 10.2. The molecule has 0 fully saturated rings. The van der Waals surface area contributed by atoms with Crippen molar-refractivity contribution in [3.8, 4) is 0 Å². The van der Waals surface area contributed by atoms with E-state index in [-0.39, 0.29) is 6.04 Å². The van der Waals surface area contributed by atoms with Gasteiger partial charge in [0.25, 0.3) is 0 Å². The number of benzene rings is 2. The first-order valence-electron chi connectivity index (χ1n) is 5.70. The highest BCUT2D eigenvalue weighted by Crippen LogP contribution is 2.06. The van der Waals surface area contributed by atoms with E-state index >= 15 is 0 Å². The van der Waals surface area contributed by atoms with E-state index in [1.807, 2.05) is 37.3 Å². The molecule has 2 rings (SSSR count). The molecule has 1 atom stereocenters. The molecule has 0 saturated heterocycles. The van der Waals surface area contributed by atoms with Crippen LogP contribution in [0.4, 0.5) is 0 Å². The Morgan fingerprint density at radius 3 is 1.72 bits per heavy atom. The summed E-state index contributed by atoms with van der Waals surface area (Å²) < 4.78 is 0. The predicted octanol–water partition coefficient (Wildman–Crippen LogP) is 3.09. The Balaban J connectivity index is 0.000000180.